The predicted molar refractivity (Wildman–Crippen MR) is 114 cm³/mol. The third-order valence-electron chi connectivity index (χ3n) is 5.55. The average molecular weight is 387 g/mol. The zero-order chi connectivity index (χ0) is 20.2. The number of nitrogens with zero attached hydrogens (tertiary/aromatic N) is 1. The summed E-state index contributed by atoms with van der Waals surface area (Å²) in [5.74, 6) is 1.46. The van der Waals surface area contributed by atoms with Crippen molar-refractivity contribution in [2.24, 2.45) is 0 Å². The second kappa shape index (κ2) is 8.39. The Morgan fingerprint density at radius 1 is 0.862 bits per heavy atom. The maximum Gasteiger partial charge on any atom is 0.254 e. The molecule has 0 spiro atoms. The predicted octanol–water partition coefficient (Wildman–Crippen LogP) is 5.35. The Bertz CT molecular complexity index is 983. The van der Waals surface area contributed by atoms with E-state index in [1.165, 1.54) is 0 Å². The monoisotopic (exact) mass is 387 g/mol. The van der Waals surface area contributed by atoms with E-state index in [4.69, 9.17) is 9.47 Å². The van der Waals surface area contributed by atoms with Gasteiger partial charge in [0.05, 0.1) is 20.3 Å². The summed E-state index contributed by atoms with van der Waals surface area (Å²) in [5, 5.41) is 0. The van der Waals surface area contributed by atoms with Crippen LogP contribution in [0.2, 0.25) is 0 Å². The Morgan fingerprint density at radius 3 is 2.24 bits per heavy atom. The summed E-state index contributed by atoms with van der Waals surface area (Å²) in [6, 6.07) is 24.0. The Kier molecular flexibility index (Phi) is 5.52. The molecule has 0 radical (unpaired) electrons. The van der Waals surface area contributed by atoms with Gasteiger partial charge < -0.3 is 14.4 Å². The van der Waals surface area contributed by atoms with Gasteiger partial charge in [0, 0.05) is 12.1 Å². The number of carbonyl (C=O) groups excluding carboxylic acids is 1. The van der Waals surface area contributed by atoms with Gasteiger partial charge in [-0.2, -0.15) is 0 Å². The number of ether oxygens (including phenoxy) is 2. The highest BCUT2D eigenvalue weighted by Crippen LogP contribution is 2.37. The lowest BCUT2D eigenvalue weighted by Gasteiger charge is -2.26. The molecule has 3 aromatic rings. The first-order valence-corrected chi connectivity index (χ1v) is 9.89. The van der Waals surface area contributed by atoms with Crippen LogP contribution in [0.1, 0.15) is 34.8 Å². The quantitative estimate of drug-likeness (QED) is 0.592. The molecule has 4 rings (SSSR count). The number of amides is 1. The maximum absolute atomic E-state index is 13.2. The van der Waals surface area contributed by atoms with E-state index in [1.54, 1.807) is 14.2 Å². The smallest absolute Gasteiger partial charge is 0.254 e. The van der Waals surface area contributed by atoms with E-state index < -0.39 is 0 Å². The fraction of sp³-hybridized carbons (Fsp3) is 0.240. The van der Waals surface area contributed by atoms with Gasteiger partial charge in [0.1, 0.15) is 0 Å². The summed E-state index contributed by atoms with van der Waals surface area (Å²) in [5.41, 5.74) is 4.06. The van der Waals surface area contributed by atoms with Gasteiger partial charge >= 0.3 is 0 Å². The molecule has 4 heteroatoms. The first kappa shape index (κ1) is 19.1. The van der Waals surface area contributed by atoms with Crippen molar-refractivity contribution < 1.29 is 14.3 Å². The highest BCUT2D eigenvalue weighted by atomic mass is 16.5. The number of hydrogen-bond acceptors (Lipinski definition) is 3. The minimum Gasteiger partial charge on any atom is -0.493 e. The topological polar surface area (TPSA) is 38.8 Å². The van der Waals surface area contributed by atoms with Gasteiger partial charge in [0.2, 0.25) is 0 Å². The van der Waals surface area contributed by atoms with Crippen LogP contribution in [0.15, 0.2) is 72.8 Å². The Hall–Kier alpha value is -3.27. The Labute approximate surface area is 171 Å². The van der Waals surface area contributed by atoms with Crippen LogP contribution < -0.4 is 9.47 Å². The molecule has 1 aliphatic rings. The van der Waals surface area contributed by atoms with Crippen molar-refractivity contribution in [1.82, 2.24) is 4.90 Å². The molecule has 3 aromatic carbocycles. The number of carbonyl (C=O) groups is 1. The molecule has 0 saturated carbocycles. The highest BCUT2D eigenvalue weighted by Gasteiger charge is 2.31. The van der Waals surface area contributed by atoms with E-state index in [9.17, 15) is 4.79 Å². The van der Waals surface area contributed by atoms with Crippen LogP contribution in [0.3, 0.4) is 0 Å². The van der Waals surface area contributed by atoms with Gasteiger partial charge in [-0.15, -0.1) is 0 Å². The second-order valence-corrected chi connectivity index (χ2v) is 7.21. The summed E-state index contributed by atoms with van der Waals surface area (Å²) in [4.78, 5) is 15.2. The van der Waals surface area contributed by atoms with E-state index in [0.29, 0.717) is 11.5 Å². The molecule has 4 nitrogen and oxygen atoms in total. The van der Waals surface area contributed by atoms with Gasteiger partial charge in [0.15, 0.2) is 11.5 Å². The SMILES string of the molecule is COc1ccc(C2CCCN2C(=O)c2ccc(-c3ccccc3)cc2)cc1OC. The first-order valence-electron chi connectivity index (χ1n) is 9.89. The van der Waals surface area contributed by atoms with Crippen molar-refractivity contribution in [3.8, 4) is 22.6 Å². The van der Waals surface area contributed by atoms with Crippen LogP contribution in [0.4, 0.5) is 0 Å². The largest absolute Gasteiger partial charge is 0.493 e. The summed E-state index contributed by atoms with van der Waals surface area (Å²) in [6.07, 6.45) is 1.94. The molecule has 29 heavy (non-hydrogen) atoms. The van der Waals surface area contributed by atoms with Gasteiger partial charge in [-0.3, -0.25) is 4.79 Å². The van der Waals surface area contributed by atoms with E-state index in [-0.39, 0.29) is 11.9 Å². The molecule has 148 valence electrons. The minimum absolute atomic E-state index is 0.0519. The van der Waals surface area contributed by atoms with E-state index in [1.807, 2.05) is 65.6 Å². The van der Waals surface area contributed by atoms with Crippen molar-refractivity contribution in [1.29, 1.82) is 0 Å². The lowest BCUT2D eigenvalue weighted by Crippen LogP contribution is -2.30. The first-order chi connectivity index (χ1) is 14.2. The van der Waals surface area contributed by atoms with Gasteiger partial charge in [-0.1, -0.05) is 48.5 Å². The summed E-state index contributed by atoms with van der Waals surface area (Å²) in [6.45, 7) is 0.762. The molecule has 1 unspecified atom stereocenters. The zero-order valence-electron chi connectivity index (χ0n) is 16.8. The van der Waals surface area contributed by atoms with E-state index >= 15 is 0 Å². The fourth-order valence-corrected chi connectivity index (χ4v) is 4.02. The highest BCUT2D eigenvalue weighted by molar-refractivity contribution is 5.95. The second-order valence-electron chi connectivity index (χ2n) is 7.21. The molecule has 0 aromatic heterocycles. The van der Waals surface area contributed by atoms with Crippen molar-refractivity contribution in [3.05, 3.63) is 83.9 Å². The summed E-state index contributed by atoms with van der Waals surface area (Å²) < 4.78 is 10.8. The van der Waals surface area contributed by atoms with Crippen LogP contribution in [0, 0.1) is 0 Å². The molecule has 1 saturated heterocycles. The number of benzene rings is 3. The summed E-state index contributed by atoms with van der Waals surface area (Å²) >= 11 is 0. The fourth-order valence-electron chi connectivity index (χ4n) is 4.02. The van der Waals surface area contributed by atoms with Crippen molar-refractivity contribution >= 4 is 5.91 Å². The van der Waals surface area contributed by atoms with Crippen LogP contribution in [-0.4, -0.2) is 31.6 Å². The molecule has 1 amide bonds. The van der Waals surface area contributed by atoms with Crippen LogP contribution in [-0.2, 0) is 0 Å². The van der Waals surface area contributed by atoms with Crippen LogP contribution in [0.25, 0.3) is 11.1 Å². The molecule has 1 fully saturated rings. The van der Waals surface area contributed by atoms with E-state index in [2.05, 4.69) is 12.1 Å². The van der Waals surface area contributed by atoms with Crippen molar-refractivity contribution in [2.45, 2.75) is 18.9 Å². The Morgan fingerprint density at radius 2 is 1.55 bits per heavy atom. The number of rotatable bonds is 5. The lowest BCUT2D eigenvalue weighted by molar-refractivity contribution is 0.0735. The number of hydrogen-bond donors (Lipinski definition) is 0. The van der Waals surface area contributed by atoms with Crippen LogP contribution >= 0.6 is 0 Å². The molecular weight excluding hydrogens is 362 g/mol. The van der Waals surface area contributed by atoms with Crippen molar-refractivity contribution in [3.63, 3.8) is 0 Å². The summed E-state index contributed by atoms with van der Waals surface area (Å²) in [7, 11) is 3.26. The Balaban J connectivity index is 1.56. The minimum atomic E-state index is 0.0519. The van der Waals surface area contributed by atoms with Crippen LogP contribution in [0.5, 0.6) is 11.5 Å². The number of likely N-dealkylation sites (tertiary alicyclic amines) is 1. The van der Waals surface area contributed by atoms with Gasteiger partial charge in [0.25, 0.3) is 5.91 Å². The molecular formula is C25H25NO3. The average Bonchev–Trinajstić information content (AvgIpc) is 3.28. The molecule has 1 heterocycles. The maximum atomic E-state index is 13.2. The van der Waals surface area contributed by atoms with Crippen molar-refractivity contribution in [2.75, 3.05) is 20.8 Å². The molecule has 1 aliphatic heterocycles. The molecule has 0 bridgehead atoms. The van der Waals surface area contributed by atoms with Gasteiger partial charge in [-0.05, 0) is 53.8 Å². The molecule has 1 atom stereocenters. The molecule has 0 N–H and O–H groups in total. The van der Waals surface area contributed by atoms with Gasteiger partial charge in [-0.25, -0.2) is 0 Å². The normalized spacial score (nSPS) is 15.9. The third kappa shape index (κ3) is 3.83. The van der Waals surface area contributed by atoms with E-state index in [0.717, 1.165) is 41.6 Å². The zero-order valence-corrected chi connectivity index (χ0v) is 16.8. The standard InChI is InChI=1S/C25H25NO3/c1-28-23-15-14-21(17-24(23)29-2)22-9-6-16-26(22)25(27)20-12-10-19(11-13-20)18-7-4-3-5-8-18/h3-5,7-8,10-15,17,22H,6,9,16H2,1-2H3. The third-order valence-corrected chi connectivity index (χ3v) is 5.55. The lowest BCUT2D eigenvalue weighted by atomic mass is 10.0. The molecule has 0 aliphatic carbocycles. The number of methoxy groups -OCH3 is 2.